The molecule has 0 saturated carbocycles. The molecule has 0 N–H and O–H groups in total. The molecule has 0 fully saturated rings. The van der Waals surface area contributed by atoms with Gasteiger partial charge >= 0.3 is 6.30 Å². The molecule has 0 spiro atoms. The smallest absolute Gasteiger partial charge is 0.232 e. The second kappa shape index (κ2) is 4.77. The van der Waals surface area contributed by atoms with Crippen molar-refractivity contribution < 1.29 is 13.2 Å². The Balaban J connectivity index is 0.000000606. The monoisotopic (exact) mass is 296 g/mol. The van der Waals surface area contributed by atoms with Crippen molar-refractivity contribution in [2.45, 2.75) is 20.1 Å². The van der Waals surface area contributed by atoms with Crippen LogP contribution in [-0.4, -0.2) is 20.0 Å². The van der Waals surface area contributed by atoms with Crippen molar-refractivity contribution in [1.82, 2.24) is 20.0 Å². The van der Waals surface area contributed by atoms with Crippen LogP contribution in [0.4, 0.5) is 13.2 Å². The van der Waals surface area contributed by atoms with Gasteiger partial charge in [-0.3, -0.25) is 0 Å². The van der Waals surface area contributed by atoms with Gasteiger partial charge in [-0.05, 0) is 22.0 Å². The third-order valence-electron chi connectivity index (χ3n) is 1.43. The Hall–Kier alpha value is -1.18. The Labute approximate surface area is 97.6 Å². The van der Waals surface area contributed by atoms with Crippen LogP contribution >= 0.6 is 15.9 Å². The van der Waals surface area contributed by atoms with Gasteiger partial charge in [-0.2, -0.15) is 0 Å². The van der Waals surface area contributed by atoms with Crippen LogP contribution in [0.15, 0.2) is 16.7 Å². The summed E-state index contributed by atoms with van der Waals surface area (Å²) in [6, 6.07) is 1.41. The molecule has 16 heavy (non-hydrogen) atoms. The Kier molecular flexibility index (Phi) is 3.84. The van der Waals surface area contributed by atoms with Crippen molar-refractivity contribution in [1.29, 1.82) is 0 Å². The Morgan fingerprint density at radius 1 is 1.25 bits per heavy atom. The topological polar surface area (TPSA) is 43.6 Å². The third kappa shape index (κ3) is 2.69. The molecule has 0 aromatic carbocycles. The van der Waals surface area contributed by atoms with Crippen LogP contribution in [0.3, 0.4) is 0 Å². The summed E-state index contributed by atoms with van der Waals surface area (Å²) in [5.74, 6) is 0. The number of hydrogen-bond donors (Lipinski definition) is 0. The van der Waals surface area contributed by atoms with Crippen molar-refractivity contribution in [3.05, 3.63) is 16.7 Å². The summed E-state index contributed by atoms with van der Waals surface area (Å²) in [5, 5.41) is 6.41. The van der Waals surface area contributed by atoms with E-state index in [2.05, 4.69) is 31.1 Å². The van der Waals surface area contributed by atoms with E-state index >= 15 is 0 Å². The number of fused-ring (bicyclic) bond motifs is 1. The second-order valence-electron chi connectivity index (χ2n) is 2.45. The highest BCUT2D eigenvalue weighted by atomic mass is 79.9. The van der Waals surface area contributed by atoms with Gasteiger partial charge in [0.1, 0.15) is 5.52 Å². The number of hydrogen-bond acceptors (Lipinski definition) is 3. The fourth-order valence-electron chi connectivity index (χ4n) is 0.900. The first kappa shape index (κ1) is 12.9. The number of aromatic nitrogens is 4. The lowest BCUT2D eigenvalue weighted by Gasteiger charge is -2.00. The summed E-state index contributed by atoms with van der Waals surface area (Å²) in [6.07, 6.45) is -3.25. The summed E-state index contributed by atoms with van der Waals surface area (Å²) in [4.78, 5) is 3.37. The van der Waals surface area contributed by atoms with E-state index in [1.165, 1.54) is 12.3 Å². The van der Waals surface area contributed by atoms with Crippen molar-refractivity contribution in [3.8, 4) is 0 Å². The molecule has 0 aliphatic rings. The molecule has 8 heteroatoms. The minimum absolute atomic E-state index is 0.0366. The first-order valence-electron chi connectivity index (χ1n) is 4.42. The Morgan fingerprint density at radius 3 is 2.44 bits per heavy atom. The summed E-state index contributed by atoms with van der Waals surface area (Å²) >= 11 is 3.07. The molecule has 0 aliphatic carbocycles. The predicted molar refractivity (Wildman–Crippen MR) is 55.7 cm³/mol. The molecule has 4 nitrogen and oxygen atoms in total. The minimum Gasteiger partial charge on any atom is -0.232 e. The average Bonchev–Trinajstić information content (AvgIpc) is 2.63. The second-order valence-corrected chi connectivity index (χ2v) is 3.37. The number of pyridine rings is 1. The molecule has 0 unspecified atom stereocenters. The molecule has 2 aromatic rings. The third-order valence-corrected chi connectivity index (χ3v) is 1.87. The molecule has 88 valence electrons. The molecule has 0 amide bonds. The standard InChI is InChI=1S/C6H2BrF3N4.C2H6/c7-3-1-4-5(11-2-3)13-14(12-4)6(8,9)10;1-2/h1-2H;1-2H3. The van der Waals surface area contributed by atoms with E-state index < -0.39 is 6.30 Å². The van der Waals surface area contributed by atoms with Crippen molar-refractivity contribution in [2.24, 2.45) is 0 Å². The Bertz CT molecular complexity index is 480. The highest BCUT2D eigenvalue weighted by Gasteiger charge is 2.34. The van der Waals surface area contributed by atoms with Crippen molar-refractivity contribution in [3.63, 3.8) is 0 Å². The normalized spacial score (nSPS) is 11.1. The van der Waals surface area contributed by atoms with E-state index in [0.29, 0.717) is 4.47 Å². The number of rotatable bonds is 0. The Morgan fingerprint density at radius 2 is 1.88 bits per heavy atom. The van der Waals surface area contributed by atoms with E-state index in [1.807, 2.05) is 13.8 Å². The van der Waals surface area contributed by atoms with Crippen molar-refractivity contribution in [2.75, 3.05) is 0 Å². The fraction of sp³-hybridized carbons (Fsp3) is 0.375. The minimum atomic E-state index is -4.60. The van der Waals surface area contributed by atoms with Gasteiger partial charge in [-0.25, -0.2) is 4.98 Å². The quantitative estimate of drug-likeness (QED) is 0.750. The van der Waals surface area contributed by atoms with Gasteiger partial charge in [0, 0.05) is 10.7 Å². The highest BCUT2D eigenvalue weighted by molar-refractivity contribution is 9.10. The largest absolute Gasteiger partial charge is 0.521 e. The molecule has 0 bridgehead atoms. The van der Waals surface area contributed by atoms with Crippen LogP contribution in [0.25, 0.3) is 11.2 Å². The maximum Gasteiger partial charge on any atom is 0.521 e. The lowest BCUT2D eigenvalue weighted by molar-refractivity contribution is -0.220. The zero-order valence-corrected chi connectivity index (χ0v) is 10.0. The lowest BCUT2D eigenvalue weighted by atomic mass is 10.4. The molecule has 0 saturated heterocycles. The van der Waals surface area contributed by atoms with Gasteiger partial charge in [0.15, 0.2) is 0 Å². The van der Waals surface area contributed by atoms with Crippen LogP contribution in [0.1, 0.15) is 13.8 Å². The summed E-state index contributed by atoms with van der Waals surface area (Å²) < 4.78 is 36.9. The fourth-order valence-corrected chi connectivity index (χ4v) is 1.22. The van der Waals surface area contributed by atoms with E-state index in [-0.39, 0.29) is 16.0 Å². The van der Waals surface area contributed by atoms with Gasteiger partial charge in [0.2, 0.25) is 5.65 Å². The van der Waals surface area contributed by atoms with Crippen molar-refractivity contribution >= 4 is 27.1 Å². The molecular weight excluding hydrogens is 289 g/mol. The van der Waals surface area contributed by atoms with Crippen LogP contribution in [0.2, 0.25) is 0 Å². The van der Waals surface area contributed by atoms with Crippen LogP contribution < -0.4 is 0 Å². The maximum absolute atomic E-state index is 12.1. The van der Waals surface area contributed by atoms with Gasteiger partial charge in [0.05, 0.1) is 0 Å². The maximum atomic E-state index is 12.1. The molecule has 0 aliphatic heterocycles. The molecule has 2 rings (SSSR count). The highest BCUT2D eigenvalue weighted by Crippen LogP contribution is 2.22. The van der Waals surface area contributed by atoms with Gasteiger partial charge in [-0.15, -0.1) is 23.4 Å². The lowest BCUT2D eigenvalue weighted by Crippen LogP contribution is -2.19. The summed E-state index contributed by atoms with van der Waals surface area (Å²) in [5.41, 5.74) is 0.0576. The zero-order valence-electron chi connectivity index (χ0n) is 8.46. The number of nitrogens with zero attached hydrogens (tertiary/aromatic N) is 4. The zero-order chi connectivity index (χ0) is 12.3. The average molecular weight is 297 g/mol. The van der Waals surface area contributed by atoms with E-state index in [0.717, 1.165) is 0 Å². The SMILES string of the molecule is CC.FC(F)(F)n1nc2cc(Br)cnc2n1. The summed E-state index contributed by atoms with van der Waals surface area (Å²) in [7, 11) is 0. The number of halogens is 4. The molecular formula is C8H8BrF3N4. The first-order chi connectivity index (χ1) is 7.47. The molecule has 2 aromatic heterocycles. The van der Waals surface area contributed by atoms with Gasteiger partial charge in [-0.1, -0.05) is 18.6 Å². The van der Waals surface area contributed by atoms with Crippen LogP contribution in [-0.2, 0) is 6.30 Å². The molecule has 2 heterocycles. The van der Waals surface area contributed by atoms with E-state index in [9.17, 15) is 13.2 Å². The summed E-state index contributed by atoms with van der Waals surface area (Å²) in [6.45, 7) is 4.00. The van der Waals surface area contributed by atoms with Gasteiger partial charge < -0.3 is 0 Å². The van der Waals surface area contributed by atoms with Gasteiger partial charge in [0.25, 0.3) is 0 Å². The molecule has 0 atom stereocenters. The molecule has 0 radical (unpaired) electrons. The first-order valence-corrected chi connectivity index (χ1v) is 5.22. The van der Waals surface area contributed by atoms with E-state index in [4.69, 9.17) is 0 Å². The van der Waals surface area contributed by atoms with Crippen LogP contribution in [0.5, 0.6) is 0 Å². The predicted octanol–water partition coefficient (Wildman–Crippen LogP) is 3.09. The van der Waals surface area contributed by atoms with E-state index in [1.54, 1.807) is 0 Å². The van der Waals surface area contributed by atoms with Crippen LogP contribution in [0, 0.1) is 0 Å². The number of alkyl halides is 3.